The molecule has 35 heavy (non-hydrogen) atoms. The van der Waals surface area contributed by atoms with Crippen LogP contribution in [0.2, 0.25) is 0 Å². The van der Waals surface area contributed by atoms with Gasteiger partial charge in [-0.15, -0.1) is 0 Å². The van der Waals surface area contributed by atoms with Crippen LogP contribution in [0.5, 0.6) is 0 Å². The molecule has 0 spiro atoms. The second-order valence-electron chi connectivity index (χ2n) is 8.23. The van der Waals surface area contributed by atoms with Crippen LogP contribution in [-0.2, 0) is 14.3 Å². The molecular formula is C27H25N3O4S. The number of aromatic nitrogens is 1. The van der Waals surface area contributed by atoms with Gasteiger partial charge in [-0.25, -0.2) is 4.79 Å². The number of hydrogen-bond donors (Lipinski definition) is 1. The molecule has 0 aliphatic carbocycles. The topological polar surface area (TPSA) is 80.6 Å². The first-order valence-electron chi connectivity index (χ1n) is 11.2. The number of hydrogen-bond acceptors (Lipinski definition) is 5. The minimum Gasteiger partial charge on any atom is -0.462 e. The molecule has 1 aliphatic rings. The van der Waals surface area contributed by atoms with E-state index >= 15 is 0 Å². The van der Waals surface area contributed by atoms with Gasteiger partial charge >= 0.3 is 5.97 Å². The molecule has 0 unspecified atom stereocenters. The third kappa shape index (κ3) is 4.65. The maximum atomic E-state index is 13.3. The monoisotopic (exact) mass is 487 g/mol. The van der Waals surface area contributed by atoms with Crippen LogP contribution in [-0.4, -0.2) is 34.1 Å². The van der Waals surface area contributed by atoms with Crippen molar-refractivity contribution in [2.24, 2.45) is 0 Å². The van der Waals surface area contributed by atoms with Crippen LogP contribution in [0.15, 0.2) is 60.2 Å². The number of carbonyl (C=O) groups excluding carboxylic acids is 3. The van der Waals surface area contributed by atoms with E-state index in [2.05, 4.69) is 5.32 Å². The second-order valence-corrected chi connectivity index (χ2v) is 8.61. The number of carbonyl (C=O) groups is 3. The van der Waals surface area contributed by atoms with Crippen LogP contribution in [0.25, 0.3) is 11.8 Å². The van der Waals surface area contributed by atoms with E-state index in [1.807, 2.05) is 61.7 Å². The Bertz CT molecular complexity index is 1390. The molecule has 7 nitrogen and oxygen atoms in total. The zero-order chi connectivity index (χ0) is 25.3. The first-order chi connectivity index (χ1) is 16.7. The minimum atomic E-state index is -0.535. The third-order valence-corrected chi connectivity index (χ3v) is 6.05. The van der Waals surface area contributed by atoms with Crippen LogP contribution < -0.4 is 10.2 Å². The van der Waals surface area contributed by atoms with Crippen molar-refractivity contribution in [3.05, 3.63) is 88.2 Å². The lowest BCUT2D eigenvalue weighted by molar-refractivity contribution is -0.122. The first-order valence-corrected chi connectivity index (χ1v) is 11.6. The standard InChI is InChI=1S/C27H25N3O4S/c1-5-34-26(33)19-9-11-21(12-10-19)29-17(3)14-20(18(29)4)15-23-24(31)28-27(35)30(25(23)32)22-8-6-7-16(2)13-22/h6-15H,5H2,1-4H3,(H,28,31,35). The zero-order valence-electron chi connectivity index (χ0n) is 19.9. The van der Waals surface area contributed by atoms with Gasteiger partial charge in [0.05, 0.1) is 17.9 Å². The fourth-order valence-electron chi connectivity index (χ4n) is 4.11. The van der Waals surface area contributed by atoms with Crippen LogP contribution in [0.1, 0.15) is 39.8 Å². The highest BCUT2D eigenvalue weighted by atomic mass is 32.1. The average Bonchev–Trinajstić information content (AvgIpc) is 3.09. The van der Waals surface area contributed by atoms with Gasteiger partial charge in [-0.05, 0) is 99.6 Å². The molecule has 1 saturated heterocycles. The van der Waals surface area contributed by atoms with Crippen molar-refractivity contribution in [2.45, 2.75) is 27.7 Å². The Labute approximate surface area is 209 Å². The number of nitrogens with one attached hydrogen (secondary N) is 1. The van der Waals surface area contributed by atoms with Crippen LogP contribution in [0.3, 0.4) is 0 Å². The van der Waals surface area contributed by atoms with Gasteiger partial charge in [0.2, 0.25) is 0 Å². The summed E-state index contributed by atoms with van der Waals surface area (Å²) in [6.07, 6.45) is 1.59. The SMILES string of the molecule is CCOC(=O)c1ccc(-n2c(C)cc(C=C3C(=O)NC(=S)N(c4cccc(C)c4)C3=O)c2C)cc1. The Kier molecular flexibility index (Phi) is 6.66. The van der Waals surface area contributed by atoms with E-state index in [1.165, 1.54) is 4.90 Å². The zero-order valence-corrected chi connectivity index (χ0v) is 20.7. The first kappa shape index (κ1) is 24.1. The molecule has 1 fully saturated rings. The number of anilines is 1. The summed E-state index contributed by atoms with van der Waals surface area (Å²) in [4.78, 5) is 39.4. The van der Waals surface area contributed by atoms with Gasteiger partial charge in [0.1, 0.15) is 5.57 Å². The van der Waals surface area contributed by atoms with Crippen molar-refractivity contribution < 1.29 is 19.1 Å². The van der Waals surface area contributed by atoms with E-state index in [0.717, 1.165) is 28.2 Å². The van der Waals surface area contributed by atoms with E-state index < -0.39 is 11.8 Å². The fourth-order valence-corrected chi connectivity index (χ4v) is 4.39. The molecule has 2 heterocycles. The third-order valence-electron chi connectivity index (χ3n) is 5.77. The molecule has 1 N–H and O–H groups in total. The van der Waals surface area contributed by atoms with Crippen molar-refractivity contribution in [1.82, 2.24) is 9.88 Å². The lowest BCUT2D eigenvalue weighted by Crippen LogP contribution is -2.54. The van der Waals surface area contributed by atoms with E-state index in [-0.39, 0.29) is 16.7 Å². The number of thiocarbonyl (C=S) groups is 1. The van der Waals surface area contributed by atoms with Gasteiger partial charge in [0, 0.05) is 17.1 Å². The predicted octanol–water partition coefficient (Wildman–Crippen LogP) is 4.41. The van der Waals surface area contributed by atoms with Crippen molar-refractivity contribution in [2.75, 3.05) is 11.5 Å². The summed E-state index contributed by atoms with van der Waals surface area (Å²) in [6, 6.07) is 16.4. The molecule has 178 valence electrons. The lowest BCUT2D eigenvalue weighted by atomic mass is 10.1. The molecule has 0 radical (unpaired) electrons. The molecule has 3 aromatic rings. The highest BCUT2D eigenvalue weighted by Gasteiger charge is 2.34. The molecule has 2 amide bonds. The summed E-state index contributed by atoms with van der Waals surface area (Å²) in [7, 11) is 0. The smallest absolute Gasteiger partial charge is 0.338 e. The van der Waals surface area contributed by atoms with E-state index in [9.17, 15) is 14.4 Å². The molecular weight excluding hydrogens is 462 g/mol. The number of benzene rings is 2. The molecule has 0 saturated carbocycles. The van der Waals surface area contributed by atoms with Gasteiger partial charge < -0.3 is 9.30 Å². The molecule has 1 aromatic heterocycles. The average molecular weight is 488 g/mol. The highest BCUT2D eigenvalue weighted by Crippen LogP contribution is 2.26. The van der Waals surface area contributed by atoms with Crippen molar-refractivity contribution in [3.63, 3.8) is 0 Å². The molecule has 8 heteroatoms. The number of rotatable bonds is 5. The summed E-state index contributed by atoms with van der Waals surface area (Å²) in [5.41, 5.74) is 5.36. The van der Waals surface area contributed by atoms with Gasteiger partial charge in [-0.3, -0.25) is 19.8 Å². The number of amides is 2. The van der Waals surface area contributed by atoms with E-state index in [0.29, 0.717) is 17.9 Å². The normalized spacial score (nSPS) is 14.9. The predicted molar refractivity (Wildman–Crippen MR) is 139 cm³/mol. The van der Waals surface area contributed by atoms with E-state index in [4.69, 9.17) is 17.0 Å². The van der Waals surface area contributed by atoms with Crippen LogP contribution >= 0.6 is 12.2 Å². The van der Waals surface area contributed by atoms with Crippen LogP contribution in [0.4, 0.5) is 5.69 Å². The van der Waals surface area contributed by atoms with Crippen molar-refractivity contribution in [1.29, 1.82) is 0 Å². The highest BCUT2D eigenvalue weighted by molar-refractivity contribution is 7.80. The molecule has 4 rings (SSSR count). The summed E-state index contributed by atoms with van der Waals surface area (Å²) >= 11 is 5.29. The Hall–Kier alpha value is -4.04. The Balaban J connectivity index is 1.70. The van der Waals surface area contributed by atoms with Gasteiger partial charge in [0.15, 0.2) is 5.11 Å². The van der Waals surface area contributed by atoms with Gasteiger partial charge in [0.25, 0.3) is 11.8 Å². The quantitative estimate of drug-likeness (QED) is 0.250. The van der Waals surface area contributed by atoms with Crippen molar-refractivity contribution >= 4 is 46.9 Å². The summed E-state index contributed by atoms with van der Waals surface area (Å²) < 4.78 is 7.04. The Morgan fingerprint density at radius 3 is 2.40 bits per heavy atom. The molecule has 0 atom stereocenters. The fraction of sp³-hybridized carbons (Fsp3) is 0.185. The van der Waals surface area contributed by atoms with E-state index in [1.54, 1.807) is 31.2 Å². The maximum Gasteiger partial charge on any atom is 0.338 e. The summed E-state index contributed by atoms with van der Waals surface area (Å²) in [6.45, 7) is 7.84. The largest absolute Gasteiger partial charge is 0.462 e. The summed E-state index contributed by atoms with van der Waals surface area (Å²) in [5, 5.41) is 2.68. The van der Waals surface area contributed by atoms with Crippen molar-refractivity contribution in [3.8, 4) is 5.69 Å². The Morgan fingerprint density at radius 2 is 1.74 bits per heavy atom. The maximum absolute atomic E-state index is 13.3. The molecule has 1 aliphatic heterocycles. The molecule has 0 bridgehead atoms. The number of nitrogens with zero attached hydrogens (tertiary/aromatic N) is 2. The number of ether oxygens (including phenoxy) is 1. The van der Waals surface area contributed by atoms with Crippen LogP contribution in [0, 0.1) is 20.8 Å². The van der Waals surface area contributed by atoms with Gasteiger partial charge in [-0.1, -0.05) is 12.1 Å². The molecule has 2 aromatic carbocycles. The number of esters is 1. The lowest BCUT2D eigenvalue weighted by Gasteiger charge is -2.29. The van der Waals surface area contributed by atoms with Gasteiger partial charge in [-0.2, -0.15) is 0 Å². The second kappa shape index (κ2) is 9.68. The summed E-state index contributed by atoms with van der Waals surface area (Å²) in [5.74, 6) is -1.39. The minimum absolute atomic E-state index is 0.00184. The number of aryl methyl sites for hydroxylation is 2. The Morgan fingerprint density at radius 1 is 1.03 bits per heavy atom.